The number of nitrogens with zero attached hydrogens (tertiary/aromatic N) is 1. The second-order valence-electron chi connectivity index (χ2n) is 9.20. The van der Waals surface area contributed by atoms with Gasteiger partial charge in [-0.05, 0) is 37.2 Å². The third kappa shape index (κ3) is 7.55. The Hall–Kier alpha value is -2.88. The number of carbonyl (C=O) groups is 5. The SMILES string of the molecule is CNC(=O)CCSC1CC(=O)N(CC2CCC(C(=O)N[C@H](Cc3ccccc3)C(N)=O)CC2)C1=O. The lowest BCUT2D eigenvalue weighted by molar-refractivity contribution is -0.139. The van der Waals surface area contributed by atoms with E-state index < -0.39 is 17.2 Å². The van der Waals surface area contributed by atoms with Crippen LogP contribution in [0.4, 0.5) is 0 Å². The summed E-state index contributed by atoms with van der Waals surface area (Å²) in [6, 6.07) is 8.64. The molecule has 1 aliphatic carbocycles. The second-order valence-corrected chi connectivity index (χ2v) is 10.5. The predicted octanol–water partition coefficient (Wildman–Crippen LogP) is 1.00. The third-order valence-corrected chi connectivity index (χ3v) is 7.94. The van der Waals surface area contributed by atoms with E-state index in [2.05, 4.69) is 10.6 Å². The van der Waals surface area contributed by atoms with E-state index >= 15 is 0 Å². The molecule has 1 aromatic carbocycles. The fourth-order valence-electron chi connectivity index (χ4n) is 4.62. The number of carbonyl (C=O) groups excluding carboxylic acids is 5. The number of likely N-dealkylation sites (tertiary alicyclic amines) is 1. The fourth-order valence-corrected chi connectivity index (χ4v) is 5.74. The zero-order valence-corrected chi connectivity index (χ0v) is 20.9. The van der Waals surface area contributed by atoms with Crippen LogP contribution in [0, 0.1) is 11.8 Å². The Morgan fingerprint density at radius 2 is 1.80 bits per heavy atom. The van der Waals surface area contributed by atoms with Gasteiger partial charge in [-0.2, -0.15) is 0 Å². The van der Waals surface area contributed by atoms with Gasteiger partial charge in [-0.1, -0.05) is 30.3 Å². The second kappa shape index (κ2) is 12.7. The number of hydrogen-bond donors (Lipinski definition) is 3. The molecule has 0 aromatic heterocycles. The standard InChI is InChI=1S/C25H34N4O5S/c1-27-21(30)11-12-35-20-14-22(31)29(25(20)34)15-17-7-9-18(10-8-17)24(33)28-19(23(26)32)13-16-5-3-2-4-6-16/h2-6,17-20H,7-15H2,1H3,(H2,26,32)(H,27,30)(H,28,33)/t17?,18?,19-,20?/m1/s1. The molecule has 4 N–H and O–H groups in total. The molecule has 2 atom stereocenters. The van der Waals surface area contributed by atoms with Gasteiger partial charge < -0.3 is 16.4 Å². The minimum atomic E-state index is -0.764. The number of amides is 5. The Kier molecular flexibility index (Phi) is 9.71. The van der Waals surface area contributed by atoms with Crippen molar-refractivity contribution in [2.75, 3.05) is 19.3 Å². The van der Waals surface area contributed by atoms with Crippen LogP contribution in [-0.4, -0.2) is 65.1 Å². The summed E-state index contributed by atoms with van der Waals surface area (Å²) in [6.07, 6.45) is 3.55. The van der Waals surface area contributed by atoms with Crippen molar-refractivity contribution >= 4 is 41.3 Å². The Morgan fingerprint density at radius 1 is 1.11 bits per heavy atom. The van der Waals surface area contributed by atoms with Gasteiger partial charge in [-0.25, -0.2) is 0 Å². The van der Waals surface area contributed by atoms with E-state index in [1.165, 1.54) is 16.7 Å². The third-order valence-electron chi connectivity index (χ3n) is 6.73. The molecule has 1 saturated heterocycles. The molecule has 3 rings (SSSR count). The van der Waals surface area contributed by atoms with E-state index in [4.69, 9.17) is 5.73 Å². The van der Waals surface area contributed by atoms with Gasteiger partial charge >= 0.3 is 0 Å². The van der Waals surface area contributed by atoms with E-state index in [1.54, 1.807) is 7.05 Å². The van der Waals surface area contributed by atoms with Crippen molar-refractivity contribution < 1.29 is 24.0 Å². The molecule has 9 nitrogen and oxygen atoms in total. The van der Waals surface area contributed by atoms with Crippen LogP contribution in [0.1, 0.15) is 44.1 Å². The fraction of sp³-hybridized carbons (Fsp3) is 0.560. The predicted molar refractivity (Wildman–Crippen MR) is 133 cm³/mol. The lowest BCUT2D eigenvalue weighted by Crippen LogP contribution is -2.48. The van der Waals surface area contributed by atoms with Gasteiger partial charge in [0.15, 0.2) is 0 Å². The van der Waals surface area contributed by atoms with Gasteiger partial charge in [0.25, 0.3) is 0 Å². The summed E-state index contributed by atoms with van der Waals surface area (Å²) >= 11 is 1.35. The summed E-state index contributed by atoms with van der Waals surface area (Å²) in [4.78, 5) is 62.6. The highest BCUT2D eigenvalue weighted by molar-refractivity contribution is 8.00. The molecule has 1 aromatic rings. The maximum atomic E-state index is 12.8. The van der Waals surface area contributed by atoms with Crippen molar-refractivity contribution in [2.45, 2.75) is 56.2 Å². The minimum Gasteiger partial charge on any atom is -0.368 e. The van der Waals surface area contributed by atoms with E-state index in [-0.39, 0.29) is 41.9 Å². The van der Waals surface area contributed by atoms with Crippen molar-refractivity contribution in [3.63, 3.8) is 0 Å². The van der Waals surface area contributed by atoms with Crippen molar-refractivity contribution in [3.8, 4) is 0 Å². The lowest BCUT2D eigenvalue weighted by atomic mass is 9.81. The first-order chi connectivity index (χ1) is 16.8. The summed E-state index contributed by atoms with van der Waals surface area (Å²) in [5.41, 5.74) is 6.44. The Morgan fingerprint density at radius 3 is 2.43 bits per heavy atom. The van der Waals surface area contributed by atoms with E-state index in [1.807, 2.05) is 30.3 Å². The van der Waals surface area contributed by atoms with Gasteiger partial charge in [-0.3, -0.25) is 28.9 Å². The molecule has 2 fully saturated rings. The molecule has 1 heterocycles. The molecule has 35 heavy (non-hydrogen) atoms. The maximum Gasteiger partial charge on any atom is 0.242 e. The van der Waals surface area contributed by atoms with Gasteiger partial charge in [-0.15, -0.1) is 11.8 Å². The van der Waals surface area contributed by atoms with Gasteiger partial charge in [0.2, 0.25) is 29.5 Å². The quantitative estimate of drug-likeness (QED) is 0.386. The van der Waals surface area contributed by atoms with Crippen LogP contribution in [0.15, 0.2) is 30.3 Å². The van der Waals surface area contributed by atoms with Crippen LogP contribution < -0.4 is 16.4 Å². The number of nitrogens with two attached hydrogens (primary N) is 1. The first kappa shape index (κ1) is 26.7. The molecular weight excluding hydrogens is 468 g/mol. The Bertz CT molecular complexity index is 933. The number of benzene rings is 1. The average molecular weight is 503 g/mol. The van der Waals surface area contributed by atoms with Crippen LogP contribution in [0.25, 0.3) is 0 Å². The van der Waals surface area contributed by atoms with Crippen LogP contribution in [-0.2, 0) is 30.4 Å². The van der Waals surface area contributed by atoms with Crippen LogP contribution in [0.5, 0.6) is 0 Å². The van der Waals surface area contributed by atoms with Crippen LogP contribution in [0.3, 0.4) is 0 Å². The molecule has 1 unspecified atom stereocenters. The number of rotatable bonds is 11. The highest BCUT2D eigenvalue weighted by atomic mass is 32.2. The monoisotopic (exact) mass is 502 g/mol. The molecule has 1 aliphatic heterocycles. The average Bonchev–Trinajstić information content (AvgIpc) is 3.12. The Labute approximate surface area is 209 Å². The summed E-state index contributed by atoms with van der Waals surface area (Å²) in [5.74, 6) is -0.754. The Balaban J connectivity index is 1.44. The van der Waals surface area contributed by atoms with Crippen LogP contribution in [0.2, 0.25) is 0 Å². The normalized spacial score (nSPS) is 23.1. The first-order valence-corrected chi connectivity index (χ1v) is 13.1. The molecule has 0 spiro atoms. The number of primary amides is 1. The van der Waals surface area contributed by atoms with Crippen LogP contribution >= 0.6 is 11.8 Å². The molecular formula is C25H34N4O5S. The molecule has 2 aliphatic rings. The number of hydrogen-bond acceptors (Lipinski definition) is 6. The summed E-state index contributed by atoms with van der Waals surface area (Å²) in [7, 11) is 1.57. The van der Waals surface area contributed by atoms with Gasteiger partial charge in [0, 0.05) is 44.5 Å². The lowest BCUT2D eigenvalue weighted by Gasteiger charge is -2.30. The molecule has 0 bridgehead atoms. The van der Waals surface area contributed by atoms with Gasteiger partial charge in [0.1, 0.15) is 6.04 Å². The zero-order valence-electron chi connectivity index (χ0n) is 20.0. The number of thioether (sulfide) groups is 1. The van der Waals surface area contributed by atoms with E-state index in [0.29, 0.717) is 38.0 Å². The molecule has 0 radical (unpaired) electrons. The van der Waals surface area contributed by atoms with Crippen molar-refractivity contribution in [1.82, 2.24) is 15.5 Å². The summed E-state index contributed by atoms with van der Waals surface area (Å²) < 4.78 is 0. The molecule has 190 valence electrons. The van der Waals surface area contributed by atoms with E-state index in [9.17, 15) is 24.0 Å². The minimum absolute atomic E-state index is 0.0888. The topological polar surface area (TPSA) is 139 Å². The zero-order chi connectivity index (χ0) is 25.4. The maximum absolute atomic E-state index is 12.8. The first-order valence-electron chi connectivity index (χ1n) is 12.1. The molecule has 1 saturated carbocycles. The van der Waals surface area contributed by atoms with Gasteiger partial charge in [0.05, 0.1) is 5.25 Å². The summed E-state index contributed by atoms with van der Waals surface area (Å²) in [5, 5.41) is 4.93. The van der Waals surface area contributed by atoms with Crippen molar-refractivity contribution in [1.29, 1.82) is 0 Å². The number of imide groups is 1. The number of nitrogens with one attached hydrogen (secondary N) is 2. The van der Waals surface area contributed by atoms with E-state index in [0.717, 1.165) is 18.4 Å². The largest absolute Gasteiger partial charge is 0.368 e. The molecule has 10 heteroatoms. The smallest absolute Gasteiger partial charge is 0.242 e. The highest BCUT2D eigenvalue weighted by Gasteiger charge is 2.40. The van der Waals surface area contributed by atoms with Crippen molar-refractivity contribution in [3.05, 3.63) is 35.9 Å². The van der Waals surface area contributed by atoms with Crippen molar-refractivity contribution in [2.24, 2.45) is 17.6 Å². The highest BCUT2D eigenvalue weighted by Crippen LogP contribution is 2.32. The summed E-state index contributed by atoms with van der Waals surface area (Å²) in [6.45, 7) is 0.371. The molecule has 5 amide bonds.